The van der Waals surface area contributed by atoms with Crippen LogP contribution >= 0.6 is 24.0 Å². The molecule has 6 heteroatoms. The molecule has 1 aliphatic rings. The van der Waals surface area contributed by atoms with Crippen LogP contribution < -0.4 is 10.6 Å². The minimum Gasteiger partial charge on any atom is -0.357 e. The maximum Gasteiger partial charge on any atom is 0.191 e. The summed E-state index contributed by atoms with van der Waals surface area (Å²) < 4.78 is 0. The molecule has 2 N–H and O–H groups in total. The number of rotatable bonds is 7. The first kappa shape index (κ1) is 23.2. The minimum absolute atomic E-state index is 0. The highest BCUT2D eigenvalue weighted by Gasteiger charge is 2.19. The van der Waals surface area contributed by atoms with Crippen molar-refractivity contribution in [2.75, 3.05) is 46.3 Å². The lowest BCUT2D eigenvalue weighted by Crippen LogP contribution is -2.52. The zero-order valence-electron chi connectivity index (χ0n) is 16.8. The first-order valence-corrected chi connectivity index (χ1v) is 9.65. The number of piperazine rings is 1. The number of nitrogens with zero attached hydrogens (tertiary/aromatic N) is 3. The highest BCUT2D eigenvalue weighted by molar-refractivity contribution is 14.0. The zero-order chi connectivity index (χ0) is 18.1. The van der Waals surface area contributed by atoms with Crippen molar-refractivity contribution in [3.8, 4) is 0 Å². The van der Waals surface area contributed by atoms with Crippen molar-refractivity contribution in [3.63, 3.8) is 0 Å². The summed E-state index contributed by atoms with van der Waals surface area (Å²) in [5.74, 6) is 0.911. The molecule has 1 aliphatic heterocycles. The van der Waals surface area contributed by atoms with E-state index < -0.39 is 0 Å². The summed E-state index contributed by atoms with van der Waals surface area (Å²) in [5.41, 5.74) is 2.70. The van der Waals surface area contributed by atoms with Crippen molar-refractivity contribution in [3.05, 3.63) is 35.4 Å². The summed E-state index contributed by atoms with van der Waals surface area (Å²) in [7, 11) is 2.20. The Hall–Kier alpha value is -0.860. The second kappa shape index (κ2) is 12.5. The van der Waals surface area contributed by atoms with Gasteiger partial charge in [0, 0.05) is 45.3 Å². The molecule has 0 bridgehead atoms. The average Bonchev–Trinajstić information content (AvgIpc) is 2.64. The molecule has 148 valence electrons. The molecular weight excluding hydrogens is 437 g/mol. The van der Waals surface area contributed by atoms with E-state index in [0.717, 1.165) is 58.2 Å². The van der Waals surface area contributed by atoms with Crippen LogP contribution in [0.2, 0.25) is 0 Å². The standard InChI is InChI=1S/C20H35N5.HI/c1-5-18-9-7-8-10-19(18)16-23-20(21-6-2)22-15-17(3)25-13-11-24(4)12-14-25;/h7-10,17H,5-6,11-16H2,1-4H3,(H2,21,22,23);1H. The number of nitrogens with one attached hydrogen (secondary N) is 2. The predicted molar refractivity (Wildman–Crippen MR) is 123 cm³/mol. The monoisotopic (exact) mass is 473 g/mol. The summed E-state index contributed by atoms with van der Waals surface area (Å²) in [5, 5.41) is 6.89. The molecule has 1 unspecified atom stereocenters. The van der Waals surface area contributed by atoms with Gasteiger partial charge in [0.2, 0.25) is 0 Å². The van der Waals surface area contributed by atoms with Crippen molar-refractivity contribution in [2.45, 2.75) is 39.8 Å². The van der Waals surface area contributed by atoms with Gasteiger partial charge in [-0.1, -0.05) is 31.2 Å². The topological polar surface area (TPSA) is 42.9 Å². The minimum atomic E-state index is 0. The Morgan fingerprint density at radius 1 is 1.08 bits per heavy atom. The Balaban J connectivity index is 0.00000338. The number of hydrogen-bond donors (Lipinski definition) is 2. The quantitative estimate of drug-likeness (QED) is 0.363. The summed E-state index contributed by atoms with van der Waals surface area (Å²) in [6.45, 7) is 13.8. The molecule has 0 radical (unpaired) electrons. The molecule has 0 saturated carbocycles. The van der Waals surface area contributed by atoms with Gasteiger partial charge in [0.15, 0.2) is 5.96 Å². The van der Waals surface area contributed by atoms with E-state index in [4.69, 9.17) is 4.99 Å². The second-order valence-corrected chi connectivity index (χ2v) is 6.89. The summed E-state index contributed by atoms with van der Waals surface area (Å²) in [6, 6.07) is 9.09. The van der Waals surface area contributed by atoms with E-state index in [1.54, 1.807) is 0 Å². The van der Waals surface area contributed by atoms with E-state index in [-0.39, 0.29) is 24.0 Å². The molecule has 0 spiro atoms. The van der Waals surface area contributed by atoms with Crippen LogP contribution in [-0.2, 0) is 13.0 Å². The lowest BCUT2D eigenvalue weighted by molar-refractivity contribution is 0.120. The van der Waals surface area contributed by atoms with Crippen LogP contribution in [0.4, 0.5) is 0 Å². The number of benzene rings is 1. The van der Waals surface area contributed by atoms with Crippen LogP contribution in [0.3, 0.4) is 0 Å². The van der Waals surface area contributed by atoms with Gasteiger partial charge in [-0.05, 0) is 38.4 Å². The molecule has 0 aliphatic carbocycles. The van der Waals surface area contributed by atoms with Crippen LogP contribution in [0.15, 0.2) is 29.3 Å². The van der Waals surface area contributed by atoms with E-state index in [0.29, 0.717) is 6.04 Å². The normalized spacial score (nSPS) is 17.5. The number of aryl methyl sites for hydroxylation is 1. The van der Waals surface area contributed by atoms with Gasteiger partial charge in [0.1, 0.15) is 0 Å². The second-order valence-electron chi connectivity index (χ2n) is 6.89. The van der Waals surface area contributed by atoms with Crippen LogP contribution in [0, 0.1) is 0 Å². The molecule has 26 heavy (non-hydrogen) atoms. The van der Waals surface area contributed by atoms with Crippen molar-refractivity contribution in [2.24, 2.45) is 4.99 Å². The van der Waals surface area contributed by atoms with E-state index in [2.05, 4.69) is 72.5 Å². The Labute approximate surface area is 176 Å². The summed E-state index contributed by atoms with van der Waals surface area (Å²) >= 11 is 0. The maximum absolute atomic E-state index is 4.79. The Bertz CT molecular complexity index is 541. The van der Waals surface area contributed by atoms with Crippen molar-refractivity contribution in [1.29, 1.82) is 0 Å². The fourth-order valence-corrected chi connectivity index (χ4v) is 3.20. The van der Waals surface area contributed by atoms with Crippen molar-refractivity contribution >= 4 is 29.9 Å². The Kier molecular flexibility index (Phi) is 11.2. The van der Waals surface area contributed by atoms with Gasteiger partial charge in [-0.3, -0.25) is 4.90 Å². The zero-order valence-corrected chi connectivity index (χ0v) is 19.1. The lowest BCUT2D eigenvalue weighted by atomic mass is 10.1. The third kappa shape index (κ3) is 7.40. The number of halogens is 1. The molecule has 2 rings (SSSR count). The fraction of sp³-hybridized carbons (Fsp3) is 0.650. The number of hydrogen-bond acceptors (Lipinski definition) is 3. The Morgan fingerprint density at radius 3 is 2.35 bits per heavy atom. The molecule has 1 fully saturated rings. The van der Waals surface area contributed by atoms with Crippen LogP contribution in [0.1, 0.15) is 31.9 Å². The molecule has 0 amide bonds. The molecule has 1 aromatic carbocycles. The van der Waals surface area contributed by atoms with Gasteiger partial charge in [-0.2, -0.15) is 0 Å². The van der Waals surface area contributed by atoms with Gasteiger partial charge < -0.3 is 15.5 Å². The average molecular weight is 473 g/mol. The Morgan fingerprint density at radius 2 is 1.73 bits per heavy atom. The van der Waals surface area contributed by atoms with Gasteiger partial charge in [-0.25, -0.2) is 4.99 Å². The maximum atomic E-state index is 4.79. The summed E-state index contributed by atoms with van der Waals surface area (Å²) in [6.07, 6.45) is 1.05. The van der Waals surface area contributed by atoms with Crippen LogP contribution in [0.5, 0.6) is 0 Å². The highest BCUT2D eigenvalue weighted by atomic mass is 127. The SMILES string of the molecule is CCNC(=NCc1ccccc1CC)NCC(C)N1CCN(C)CC1.I. The van der Waals surface area contributed by atoms with E-state index in [9.17, 15) is 0 Å². The first-order valence-electron chi connectivity index (χ1n) is 9.65. The smallest absolute Gasteiger partial charge is 0.191 e. The lowest BCUT2D eigenvalue weighted by Gasteiger charge is -2.36. The third-order valence-electron chi connectivity index (χ3n) is 4.98. The summed E-state index contributed by atoms with van der Waals surface area (Å²) in [4.78, 5) is 9.74. The molecular formula is C20H36IN5. The highest BCUT2D eigenvalue weighted by Crippen LogP contribution is 2.10. The molecule has 5 nitrogen and oxygen atoms in total. The van der Waals surface area contributed by atoms with Crippen molar-refractivity contribution < 1.29 is 0 Å². The first-order chi connectivity index (χ1) is 12.1. The molecule has 0 aromatic heterocycles. The molecule has 1 atom stereocenters. The number of likely N-dealkylation sites (N-methyl/N-ethyl adjacent to an activating group) is 1. The number of guanidine groups is 1. The van der Waals surface area contributed by atoms with E-state index in [1.165, 1.54) is 11.1 Å². The predicted octanol–water partition coefficient (Wildman–Crippen LogP) is 2.56. The van der Waals surface area contributed by atoms with Gasteiger partial charge >= 0.3 is 0 Å². The fourth-order valence-electron chi connectivity index (χ4n) is 3.20. The van der Waals surface area contributed by atoms with Crippen LogP contribution in [0.25, 0.3) is 0 Å². The molecule has 1 saturated heterocycles. The van der Waals surface area contributed by atoms with Gasteiger partial charge in [0.05, 0.1) is 6.54 Å². The van der Waals surface area contributed by atoms with Crippen LogP contribution in [-0.4, -0.2) is 68.1 Å². The molecule has 1 aromatic rings. The van der Waals surface area contributed by atoms with Crippen molar-refractivity contribution in [1.82, 2.24) is 20.4 Å². The molecule has 1 heterocycles. The van der Waals surface area contributed by atoms with Gasteiger partial charge in [-0.15, -0.1) is 24.0 Å². The van der Waals surface area contributed by atoms with E-state index >= 15 is 0 Å². The van der Waals surface area contributed by atoms with E-state index in [1.807, 2.05) is 0 Å². The largest absolute Gasteiger partial charge is 0.357 e. The number of aliphatic imine (C=N–C) groups is 1. The van der Waals surface area contributed by atoms with Gasteiger partial charge in [0.25, 0.3) is 0 Å². The third-order valence-corrected chi connectivity index (χ3v) is 4.98.